The lowest BCUT2D eigenvalue weighted by Gasteiger charge is -2.26. The molecule has 0 aliphatic heterocycles. The highest BCUT2D eigenvalue weighted by molar-refractivity contribution is 5.79. The first-order valence-corrected chi connectivity index (χ1v) is 7.62. The van der Waals surface area contributed by atoms with Crippen molar-refractivity contribution in [1.29, 1.82) is 0 Å². The third-order valence-electron chi connectivity index (χ3n) is 3.69. The van der Waals surface area contributed by atoms with E-state index in [0.29, 0.717) is 19.0 Å². The highest BCUT2D eigenvalue weighted by atomic mass is 19.1. The number of hydrogen-bond acceptors (Lipinski definition) is 2. The maximum absolute atomic E-state index is 13.4. The minimum atomic E-state index is -0.218. The Morgan fingerprint density at radius 3 is 2.65 bits per heavy atom. The van der Waals surface area contributed by atoms with Crippen LogP contribution >= 0.6 is 0 Å². The molecule has 1 aromatic carbocycles. The third kappa shape index (κ3) is 5.06. The van der Waals surface area contributed by atoms with Crippen molar-refractivity contribution >= 4 is 5.96 Å². The summed E-state index contributed by atoms with van der Waals surface area (Å²) in [4.78, 5) is 8.47. The van der Waals surface area contributed by atoms with Crippen LogP contribution in [0, 0.1) is 5.82 Å². The standard InChI is InChI=1S/C18H23FN4/c1-18(2,14-7-6-8-15(19)11-14)13-23-17(20-3)22-12-16-9-4-5-10-21-16/h4-11H,12-13H2,1-3H3,(H2,20,22,23). The number of pyridine rings is 1. The van der Waals surface area contributed by atoms with Crippen LogP contribution in [-0.4, -0.2) is 24.5 Å². The van der Waals surface area contributed by atoms with Crippen LogP contribution in [0.15, 0.2) is 53.7 Å². The molecule has 0 unspecified atom stereocenters. The fourth-order valence-corrected chi connectivity index (χ4v) is 2.21. The number of rotatable bonds is 5. The minimum absolute atomic E-state index is 0.215. The molecular formula is C18H23FN4. The molecular weight excluding hydrogens is 291 g/mol. The van der Waals surface area contributed by atoms with Gasteiger partial charge in [0.2, 0.25) is 0 Å². The van der Waals surface area contributed by atoms with E-state index < -0.39 is 0 Å². The Labute approximate surface area is 136 Å². The van der Waals surface area contributed by atoms with Crippen molar-refractivity contribution in [3.8, 4) is 0 Å². The van der Waals surface area contributed by atoms with Gasteiger partial charge in [0.1, 0.15) is 5.82 Å². The third-order valence-corrected chi connectivity index (χ3v) is 3.69. The lowest BCUT2D eigenvalue weighted by Crippen LogP contribution is -2.43. The number of nitrogens with zero attached hydrogens (tertiary/aromatic N) is 2. The molecule has 1 aromatic heterocycles. The fourth-order valence-electron chi connectivity index (χ4n) is 2.21. The van der Waals surface area contributed by atoms with E-state index >= 15 is 0 Å². The van der Waals surface area contributed by atoms with Gasteiger partial charge in [-0.05, 0) is 29.8 Å². The summed E-state index contributed by atoms with van der Waals surface area (Å²) in [6, 6.07) is 12.5. The monoisotopic (exact) mass is 314 g/mol. The number of aliphatic imine (C=N–C) groups is 1. The Morgan fingerprint density at radius 1 is 1.17 bits per heavy atom. The zero-order valence-electron chi connectivity index (χ0n) is 13.8. The molecule has 0 aliphatic rings. The molecule has 5 heteroatoms. The summed E-state index contributed by atoms with van der Waals surface area (Å²) < 4.78 is 13.4. The summed E-state index contributed by atoms with van der Waals surface area (Å²) in [6.45, 7) is 5.38. The Morgan fingerprint density at radius 2 is 2.00 bits per heavy atom. The number of benzene rings is 1. The van der Waals surface area contributed by atoms with Crippen molar-refractivity contribution < 1.29 is 4.39 Å². The Bertz CT molecular complexity index is 653. The highest BCUT2D eigenvalue weighted by Gasteiger charge is 2.21. The molecule has 0 saturated heterocycles. The molecule has 2 aromatic rings. The van der Waals surface area contributed by atoms with E-state index in [0.717, 1.165) is 11.3 Å². The summed E-state index contributed by atoms with van der Waals surface area (Å²) in [5, 5.41) is 6.51. The van der Waals surface area contributed by atoms with Gasteiger partial charge in [0.25, 0.3) is 0 Å². The zero-order valence-corrected chi connectivity index (χ0v) is 13.8. The maximum atomic E-state index is 13.4. The van der Waals surface area contributed by atoms with Crippen LogP contribution in [0.25, 0.3) is 0 Å². The SMILES string of the molecule is CN=C(NCc1ccccn1)NCC(C)(C)c1cccc(F)c1. The van der Waals surface area contributed by atoms with Crippen LogP contribution in [-0.2, 0) is 12.0 Å². The Hall–Kier alpha value is -2.43. The van der Waals surface area contributed by atoms with Crippen LogP contribution < -0.4 is 10.6 Å². The molecule has 0 fully saturated rings. The highest BCUT2D eigenvalue weighted by Crippen LogP contribution is 2.22. The minimum Gasteiger partial charge on any atom is -0.356 e. The topological polar surface area (TPSA) is 49.3 Å². The van der Waals surface area contributed by atoms with Crippen molar-refractivity contribution in [2.75, 3.05) is 13.6 Å². The summed E-state index contributed by atoms with van der Waals surface area (Å²) >= 11 is 0. The van der Waals surface area contributed by atoms with Gasteiger partial charge in [-0.15, -0.1) is 0 Å². The molecule has 23 heavy (non-hydrogen) atoms. The quantitative estimate of drug-likeness (QED) is 0.659. The largest absolute Gasteiger partial charge is 0.356 e. The summed E-state index contributed by atoms with van der Waals surface area (Å²) in [7, 11) is 1.73. The second-order valence-electron chi connectivity index (χ2n) is 5.99. The molecule has 2 rings (SSSR count). The summed E-state index contributed by atoms with van der Waals surface area (Å²) in [5.41, 5.74) is 1.68. The van der Waals surface area contributed by atoms with Crippen LogP contribution in [0.1, 0.15) is 25.1 Å². The molecule has 1 heterocycles. The normalized spacial score (nSPS) is 12.1. The molecule has 122 valence electrons. The lowest BCUT2D eigenvalue weighted by molar-refractivity contribution is 0.503. The molecule has 0 amide bonds. The van der Waals surface area contributed by atoms with Gasteiger partial charge in [0.05, 0.1) is 12.2 Å². The molecule has 0 saturated carbocycles. The van der Waals surface area contributed by atoms with Gasteiger partial charge in [-0.25, -0.2) is 4.39 Å². The van der Waals surface area contributed by atoms with E-state index in [1.165, 1.54) is 6.07 Å². The van der Waals surface area contributed by atoms with Gasteiger partial charge in [-0.1, -0.05) is 32.0 Å². The van der Waals surface area contributed by atoms with Crippen LogP contribution in [0.4, 0.5) is 4.39 Å². The number of halogens is 1. The van der Waals surface area contributed by atoms with E-state index in [4.69, 9.17) is 0 Å². The molecule has 0 radical (unpaired) electrons. The van der Waals surface area contributed by atoms with Gasteiger partial charge in [0.15, 0.2) is 5.96 Å². The average Bonchev–Trinajstić information content (AvgIpc) is 2.56. The molecule has 0 spiro atoms. The van der Waals surface area contributed by atoms with Gasteiger partial charge < -0.3 is 10.6 Å². The van der Waals surface area contributed by atoms with E-state index in [1.807, 2.05) is 24.3 Å². The lowest BCUT2D eigenvalue weighted by atomic mass is 9.84. The zero-order chi connectivity index (χ0) is 16.7. The molecule has 0 aliphatic carbocycles. The van der Waals surface area contributed by atoms with E-state index in [2.05, 4.69) is 34.5 Å². The molecule has 2 N–H and O–H groups in total. The van der Waals surface area contributed by atoms with Gasteiger partial charge in [0, 0.05) is 25.2 Å². The second kappa shape index (κ2) is 7.72. The molecule has 4 nitrogen and oxygen atoms in total. The van der Waals surface area contributed by atoms with Gasteiger partial charge >= 0.3 is 0 Å². The molecule has 0 atom stereocenters. The first-order valence-electron chi connectivity index (χ1n) is 7.62. The van der Waals surface area contributed by atoms with Crippen LogP contribution in [0.3, 0.4) is 0 Å². The van der Waals surface area contributed by atoms with Crippen molar-refractivity contribution in [3.63, 3.8) is 0 Å². The van der Waals surface area contributed by atoms with Crippen LogP contribution in [0.5, 0.6) is 0 Å². The van der Waals surface area contributed by atoms with Crippen LogP contribution in [0.2, 0.25) is 0 Å². The van der Waals surface area contributed by atoms with E-state index in [9.17, 15) is 4.39 Å². The number of nitrogens with one attached hydrogen (secondary N) is 2. The smallest absolute Gasteiger partial charge is 0.191 e. The second-order valence-corrected chi connectivity index (χ2v) is 5.99. The van der Waals surface area contributed by atoms with Crippen molar-refractivity contribution in [2.45, 2.75) is 25.8 Å². The predicted molar refractivity (Wildman–Crippen MR) is 91.9 cm³/mol. The summed E-state index contributed by atoms with van der Waals surface area (Å²) in [5.74, 6) is 0.480. The Kier molecular flexibility index (Phi) is 5.68. The van der Waals surface area contributed by atoms with Crippen molar-refractivity contribution in [1.82, 2.24) is 15.6 Å². The maximum Gasteiger partial charge on any atom is 0.191 e. The first kappa shape index (κ1) is 16.9. The Balaban J connectivity index is 1.92. The first-order chi connectivity index (χ1) is 11.0. The number of guanidine groups is 1. The van der Waals surface area contributed by atoms with Gasteiger partial charge in [-0.2, -0.15) is 0 Å². The fraction of sp³-hybridized carbons (Fsp3) is 0.333. The predicted octanol–water partition coefficient (Wildman–Crippen LogP) is 2.86. The average molecular weight is 314 g/mol. The summed E-state index contributed by atoms with van der Waals surface area (Å²) in [6.07, 6.45) is 1.76. The van der Waals surface area contributed by atoms with E-state index in [-0.39, 0.29) is 11.2 Å². The van der Waals surface area contributed by atoms with Crippen molar-refractivity contribution in [3.05, 3.63) is 65.7 Å². The molecule has 0 bridgehead atoms. The number of aromatic nitrogens is 1. The van der Waals surface area contributed by atoms with Crippen molar-refractivity contribution in [2.24, 2.45) is 4.99 Å². The van der Waals surface area contributed by atoms with Gasteiger partial charge in [-0.3, -0.25) is 9.98 Å². The number of hydrogen-bond donors (Lipinski definition) is 2. The van der Waals surface area contributed by atoms with E-state index in [1.54, 1.807) is 25.4 Å².